The zero-order valence-electron chi connectivity index (χ0n) is 15.3. The standard InChI is InChI=1S/C12H15N9O8S2/c13-11-17-5(4-30-11)7(19-29-2-1-16-20-15)9(22)18-8-6(3-28-12(14)24)21(10(8)23)31(25,26)27/h4,6,8H,1-3H2,(H2,13,17)(H2,14,24)(H,18,22)(H,25,26,27)/t6-,8+/m1/s1. The van der Waals surface area contributed by atoms with E-state index in [2.05, 4.69) is 30.2 Å². The first-order valence-corrected chi connectivity index (χ1v) is 10.3. The molecule has 0 spiro atoms. The van der Waals surface area contributed by atoms with Crippen LogP contribution in [0.5, 0.6) is 0 Å². The summed E-state index contributed by atoms with van der Waals surface area (Å²) in [7, 11) is -4.99. The van der Waals surface area contributed by atoms with Gasteiger partial charge in [0.1, 0.15) is 31.0 Å². The summed E-state index contributed by atoms with van der Waals surface area (Å²) in [4.78, 5) is 46.9. The SMILES string of the molecule is [N-]=[N+]=NCCON=C(C(=O)N[C@@H]1C(=O)N(S(=O)(=O)O)[C@@H]1COC(N)=O)c1csc(N)n1. The number of carbonyl (C=O) groups is 3. The van der Waals surface area contributed by atoms with Gasteiger partial charge in [-0.05, 0) is 5.53 Å². The number of primary amides is 1. The van der Waals surface area contributed by atoms with Gasteiger partial charge in [0.25, 0.3) is 11.8 Å². The lowest BCUT2D eigenvalue weighted by Crippen LogP contribution is -2.73. The fourth-order valence-electron chi connectivity index (χ4n) is 2.34. The minimum Gasteiger partial charge on any atom is -0.447 e. The van der Waals surface area contributed by atoms with Gasteiger partial charge in [-0.3, -0.25) is 14.1 Å². The Balaban J connectivity index is 2.21. The van der Waals surface area contributed by atoms with Crippen LogP contribution in [0.15, 0.2) is 15.7 Å². The second kappa shape index (κ2) is 9.89. The minimum absolute atomic E-state index is 0.0212. The topological polar surface area (TPSA) is 265 Å². The molecule has 0 bridgehead atoms. The van der Waals surface area contributed by atoms with Crippen molar-refractivity contribution in [2.75, 3.05) is 25.5 Å². The zero-order valence-corrected chi connectivity index (χ0v) is 16.9. The lowest BCUT2D eigenvalue weighted by Gasteiger charge is -2.43. The van der Waals surface area contributed by atoms with Gasteiger partial charge in [0.2, 0.25) is 0 Å². The van der Waals surface area contributed by atoms with Crippen molar-refractivity contribution >= 4 is 50.4 Å². The Morgan fingerprint density at radius 1 is 1.48 bits per heavy atom. The summed E-state index contributed by atoms with van der Waals surface area (Å²) in [6.07, 6.45) is -1.27. The highest BCUT2D eigenvalue weighted by molar-refractivity contribution is 7.84. The summed E-state index contributed by atoms with van der Waals surface area (Å²) in [6, 6.07) is -2.98. The summed E-state index contributed by atoms with van der Waals surface area (Å²) in [5.41, 5.74) is 18.1. The largest absolute Gasteiger partial charge is 0.447 e. The number of rotatable bonds is 10. The van der Waals surface area contributed by atoms with E-state index in [1.165, 1.54) is 5.38 Å². The second-order valence-electron chi connectivity index (χ2n) is 5.56. The number of thiazole rings is 1. The third-order valence-electron chi connectivity index (χ3n) is 3.58. The highest BCUT2D eigenvalue weighted by Gasteiger charge is 2.54. The fourth-order valence-corrected chi connectivity index (χ4v) is 3.75. The number of aromatic nitrogens is 1. The van der Waals surface area contributed by atoms with Crippen LogP contribution in [0.3, 0.4) is 0 Å². The Labute approximate surface area is 177 Å². The van der Waals surface area contributed by atoms with Crippen LogP contribution in [0, 0.1) is 0 Å². The molecule has 3 amide bonds. The number of β-lactam (4-membered cyclic amide) rings is 1. The predicted molar refractivity (Wildman–Crippen MR) is 103 cm³/mol. The number of nitrogens with zero attached hydrogens (tertiary/aromatic N) is 6. The van der Waals surface area contributed by atoms with Crippen molar-refractivity contribution in [1.29, 1.82) is 0 Å². The smallest absolute Gasteiger partial charge is 0.404 e. The van der Waals surface area contributed by atoms with E-state index in [9.17, 15) is 22.8 Å². The van der Waals surface area contributed by atoms with Gasteiger partial charge in [0.05, 0.1) is 6.54 Å². The number of nitrogen functional groups attached to an aromatic ring is 1. The van der Waals surface area contributed by atoms with Crippen molar-refractivity contribution < 1.29 is 36.9 Å². The van der Waals surface area contributed by atoms with Crippen LogP contribution < -0.4 is 16.8 Å². The number of hydrogen-bond donors (Lipinski definition) is 4. The molecule has 1 aromatic rings. The normalized spacial score (nSPS) is 18.5. The Morgan fingerprint density at radius 3 is 2.74 bits per heavy atom. The number of nitrogens with one attached hydrogen (secondary N) is 1. The number of carbonyl (C=O) groups excluding carboxylic acids is 3. The molecule has 0 aromatic carbocycles. The number of ether oxygens (including phenoxy) is 1. The maximum absolute atomic E-state index is 12.7. The highest BCUT2D eigenvalue weighted by atomic mass is 32.2. The maximum atomic E-state index is 12.7. The zero-order chi connectivity index (χ0) is 23.2. The fraction of sp³-hybridized carbons (Fsp3) is 0.417. The lowest BCUT2D eigenvalue weighted by molar-refractivity contribution is -0.146. The molecule has 2 heterocycles. The van der Waals surface area contributed by atoms with Crippen LogP contribution >= 0.6 is 11.3 Å². The first-order valence-electron chi connectivity index (χ1n) is 8.02. The monoisotopic (exact) mass is 477 g/mol. The van der Waals surface area contributed by atoms with Crippen molar-refractivity contribution in [2.45, 2.75) is 12.1 Å². The van der Waals surface area contributed by atoms with Gasteiger partial charge in [-0.2, -0.15) is 8.42 Å². The van der Waals surface area contributed by atoms with Crippen LogP contribution in [0.2, 0.25) is 0 Å². The molecule has 1 saturated heterocycles. The minimum atomic E-state index is -4.99. The summed E-state index contributed by atoms with van der Waals surface area (Å²) >= 11 is 0.977. The van der Waals surface area contributed by atoms with Gasteiger partial charge in [-0.15, -0.1) is 11.3 Å². The number of anilines is 1. The summed E-state index contributed by atoms with van der Waals surface area (Å²) in [6.45, 7) is -1.01. The molecule has 1 aromatic heterocycles. The van der Waals surface area contributed by atoms with Crippen molar-refractivity contribution in [1.82, 2.24) is 14.6 Å². The molecule has 1 aliphatic heterocycles. The van der Waals surface area contributed by atoms with E-state index in [-0.39, 0.29) is 28.3 Å². The molecule has 0 aliphatic carbocycles. The van der Waals surface area contributed by atoms with Gasteiger partial charge in [-0.1, -0.05) is 10.3 Å². The molecule has 168 valence electrons. The van der Waals surface area contributed by atoms with Crippen molar-refractivity contribution in [3.8, 4) is 0 Å². The molecule has 0 unspecified atom stereocenters. The van der Waals surface area contributed by atoms with Crippen molar-refractivity contribution in [3.63, 3.8) is 0 Å². The lowest BCUT2D eigenvalue weighted by atomic mass is 9.99. The maximum Gasteiger partial charge on any atom is 0.404 e. The number of nitrogens with two attached hydrogens (primary N) is 2. The van der Waals surface area contributed by atoms with E-state index in [4.69, 9.17) is 26.4 Å². The molecule has 2 rings (SSSR count). The third kappa shape index (κ3) is 5.92. The molecule has 6 N–H and O–H groups in total. The Hall–Kier alpha value is -3.67. The highest BCUT2D eigenvalue weighted by Crippen LogP contribution is 2.24. The van der Waals surface area contributed by atoms with Gasteiger partial charge < -0.3 is 26.4 Å². The molecule has 0 saturated carbocycles. The van der Waals surface area contributed by atoms with Crippen molar-refractivity contribution in [2.24, 2.45) is 16.0 Å². The predicted octanol–water partition coefficient (Wildman–Crippen LogP) is -1.65. The summed E-state index contributed by atoms with van der Waals surface area (Å²) in [5, 5.41) is 10.5. The Morgan fingerprint density at radius 2 is 2.19 bits per heavy atom. The molecule has 31 heavy (non-hydrogen) atoms. The second-order valence-corrected chi connectivity index (χ2v) is 7.74. The first-order chi connectivity index (χ1) is 14.6. The molecule has 0 radical (unpaired) electrons. The number of azide groups is 1. The average molecular weight is 477 g/mol. The van der Waals surface area contributed by atoms with E-state index in [0.717, 1.165) is 11.3 Å². The quantitative estimate of drug-likeness (QED) is 0.0435. The van der Waals surface area contributed by atoms with Gasteiger partial charge in [-0.25, -0.2) is 14.1 Å². The van der Waals surface area contributed by atoms with E-state index in [1.807, 2.05) is 0 Å². The van der Waals surface area contributed by atoms with Crippen LogP contribution in [0.4, 0.5) is 9.93 Å². The van der Waals surface area contributed by atoms with E-state index >= 15 is 0 Å². The van der Waals surface area contributed by atoms with Crippen LogP contribution in [0.25, 0.3) is 10.4 Å². The third-order valence-corrected chi connectivity index (χ3v) is 5.20. The van der Waals surface area contributed by atoms with E-state index in [1.54, 1.807) is 0 Å². The number of amides is 3. The Kier molecular flexibility index (Phi) is 7.53. The molecular weight excluding hydrogens is 462 g/mol. The molecule has 19 heteroatoms. The summed E-state index contributed by atoms with van der Waals surface area (Å²) < 4.78 is 36.4. The van der Waals surface area contributed by atoms with Crippen molar-refractivity contribution in [3.05, 3.63) is 21.5 Å². The van der Waals surface area contributed by atoms with E-state index < -0.39 is 52.6 Å². The molecular formula is C12H15N9O8S2. The van der Waals surface area contributed by atoms with E-state index in [0.29, 0.717) is 0 Å². The molecule has 17 nitrogen and oxygen atoms in total. The molecule has 2 atom stereocenters. The van der Waals surface area contributed by atoms with Gasteiger partial charge in [0, 0.05) is 10.3 Å². The van der Waals surface area contributed by atoms with Gasteiger partial charge in [0.15, 0.2) is 10.8 Å². The van der Waals surface area contributed by atoms with Crippen LogP contribution in [-0.4, -0.2) is 77.7 Å². The Bertz CT molecular complexity index is 1050. The molecule has 1 aliphatic rings. The van der Waals surface area contributed by atoms with Crippen LogP contribution in [0.1, 0.15) is 5.69 Å². The molecule has 1 fully saturated rings. The van der Waals surface area contributed by atoms with Crippen LogP contribution in [-0.2, 0) is 29.5 Å². The average Bonchev–Trinajstić information content (AvgIpc) is 3.10. The summed E-state index contributed by atoms with van der Waals surface area (Å²) in [5.74, 6) is -2.22. The number of hydrogen-bond acceptors (Lipinski definition) is 12. The van der Waals surface area contributed by atoms with Gasteiger partial charge >= 0.3 is 16.4 Å². The number of oxime groups is 1. The first kappa shape index (κ1) is 23.6.